The molecule has 0 aliphatic heterocycles. The van der Waals surface area contributed by atoms with Crippen LogP contribution < -0.4 is 5.32 Å². The number of anilines is 1. The Morgan fingerprint density at radius 1 is 1.53 bits per heavy atom. The van der Waals surface area contributed by atoms with Crippen LogP contribution in [0.15, 0.2) is 17.0 Å². The predicted octanol–water partition coefficient (Wildman–Crippen LogP) is 3.47. The molecule has 0 fully saturated rings. The first-order chi connectivity index (χ1) is 7.25. The molecule has 2 aromatic rings. The Labute approximate surface area is 101 Å². The molecule has 0 aliphatic rings. The van der Waals surface area contributed by atoms with Crippen molar-refractivity contribution in [3.8, 4) is 0 Å². The van der Waals surface area contributed by atoms with Gasteiger partial charge in [-0.1, -0.05) is 18.5 Å². The molecular weight excluding hydrogens is 250 g/mol. The summed E-state index contributed by atoms with van der Waals surface area (Å²) in [4.78, 5) is 8.39. The second-order valence-corrected chi connectivity index (χ2v) is 5.30. The van der Waals surface area contributed by atoms with Gasteiger partial charge < -0.3 is 5.32 Å². The lowest BCUT2D eigenvalue weighted by Crippen LogP contribution is -2.09. The molecular formula is C9H10ClN3S2. The Balaban J connectivity index is 1.88. The quantitative estimate of drug-likeness (QED) is 0.914. The summed E-state index contributed by atoms with van der Waals surface area (Å²) in [5.41, 5.74) is 0. The van der Waals surface area contributed by atoms with Crippen molar-refractivity contribution in [2.45, 2.75) is 12.8 Å². The topological polar surface area (TPSA) is 37.8 Å². The van der Waals surface area contributed by atoms with Gasteiger partial charge in [-0.25, -0.2) is 9.97 Å². The molecule has 15 heavy (non-hydrogen) atoms. The van der Waals surface area contributed by atoms with Crippen LogP contribution in [0.4, 0.5) is 5.13 Å². The van der Waals surface area contributed by atoms with E-state index in [1.165, 1.54) is 11.3 Å². The van der Waals surface area contributed by atoms with Crippen molar-refractivity contribution in [2.75, 3.05) is 11.9 Å². The van der Waals surface area contributed by atoms with Crippen molar-refractivity contribution in [3.05, 3.63) is 27.1 Å². The van der Waals surface area contributed by atoms with Gasteiger partial charge in [0.25, 0.3) is 0 Å². The maximum absolute atomic E-state index is 5.72. The minimum absolute atomic E-state index is 0.396. The molecule has 1 N–H and O–H groups in total. The average Bonchev–Trinajstić information content (AvgIpc) is 2.84. The van der Waals surface area contributed by atoms with Crippen molar-refractivity contribution in [1.82, 2.24) is 9.97 Å². The van der Waals surface area contributed by atoms with Crippen LogP contribution in [-0.4, -0.2) is 16.5 Å². The number of hydrogen-bond acceptors (Lipinski definition) is 5. The van der Waals surface area contributed by atoms with Gasteiger partial charge in [-0.05, 0) is 0 Å². The highest BCUT2D eigenvalue weighted by Gasteiger charge is 2.08. The van der Waals surface area contributed by atoms with Gasteiger partial charge in [0.2, 0.25) is 0 Å². The zero-order chi connectivity index (χ0) is 10.7. The Morgan fingerprint density at radius 2 is 2.40 bits per heavy atom. The van der Waals surface area contributed by atoms with Crippen molar-refractivity contribution >= 4 is 39.4 Å². The van der Waals surface area contributed by atoms with E-state index in [0.29, 0.717) is 11.1 Å². The normalized spacial score (nSPS) is 12.7. The Morgan fingerprint density at radius 3 is 3.00 bits per heavy atom. The first-order valence-corrected chi connectivity index (χ1v) is 6.63. The van der Waals surface area contributed by atoms with Gasteiger partial charge in [-0.15, -0.1) is 22.7 Å². The molecule has 1 unspecified atom stereocenters. The molecule has 0 spiro atoms. The van der Waals surface area contributed by atoms with Crippen molar-refractivity contribution in [3.63, 3.8) is 0 Å². The van der Waals surface area contributed by atoms with Gasteiger partial charge in [0.05, 0.1) is 5.01 Å². The molecule has 0 saturated carbocycles. The number of thiazole rings is 2. The number of hydrogen-bond donors (Lipinski definition) is 1. The van der Waals surface area contributed by atoms with E-state index < -0.39 is 0 Å². The number of nitrogens with one attached hydrogen (secondary N) is 1. The van der Waals surface area contributed by atoms with Gasteiger partial charge in [0.15, 0.2) is 5.13 Å². The lowest BCUT2D eigenvalue weighted by molar-refractivity contribution is 0.794. The molecule has 0 amide bonds. The average molecular weight is 260 g/mol. The van der Waals surface area contributed by atoms with Gasteiger partial charge in [0.1, 0.15) is 5.15 Å². The number of rotatable bonds is 4. The molecule has 0 aliphatic carbocycles. The number of nitrogens with zero attached hydrogens (tertiary/aromatic N) is 2. The molecule has 80 valence electrons. The van der Waals surface area contributed by atoms with E-state index in [0.717, 1.165) is 16.7 Å². The summed E-state index contributed by atoms with van der Waals surface area (Å²) in [6.45, 7) is 2.97. The summed E-state index contributed by atoms with van der Waals surface area (Å²) in [7, 11) is 0. The Kier molecular flexibility index (Phi) is 3.56. The van der Waals surface area contributed by atoms with Crippen LogP contribution >= 0.6 is 34.3 Å². The molecule has 3 nitrogen and oxygen atoms in total. The molecule has 2 rings (SSSR count). The molecule has 2 aromatic heterocycles. The second kappa shape index (κ2) is 4.92. The van der Waals surface area contributed by atoms with E-state index in [1.807, 2.05) is 17.0 Å². The minimum Gasteiger partial charge on any atom is -0.361 e. The number of aromatic nitrogens is 2. The molecule has 0 saturated heterocycles. The van der Waals surface area contributed by atoms with Gasteiger partial charge in [-0.2, -0.15) is 0 Å². The van der Waals surface area contributed by atoms with E-state index in [-0.39, 0.29) is 0 Å². The maximum Gasteiger partial charge on any atom is 0.184 e. The monoisotopic (exact) mass is 259 g/mol. The van der Waals surface area contributed by atoms with Crippen LogP contribution in [0.5, 0.6) is 0 Å². The van der Waals surface area contributed by atoms with Crippen LogP contribution in [0, 0.1) is 0 Å². The first-order valence-electron chi connectivity index (χ1n) is 4.50. The van der Waals surface area contributed by atoms with E-state index in [2.05, 4.69) is 22.2 Å². The number of halogens is 1. The van der Waals surface area contributed by atoms with Crippen LogP contribution in [0.3, 0.4) is 0 Å². The van der Waals surface area contributed by atoms with Crippen LogP contribution in [-0.2, 0) is 0 Å². The Bertz CT molecular complexity index is 413. The summed E-state index contributed by atoms with van der Waals surface area (Å²) in [6, 6.07) is 0. The minimum atomic E-state index is 0.396. The summed E-state index contributed by atoms with van der Waals surface area (Å²) >= 11 is 8.92. The van der Waals surface area contributed by atoms with Crippen molar-refractivity contribution < 1.29 is 0 Å². The predicted molar refractivity (Wildman–Crippen MR) is 66.1 cm³/mol. The second-order valence-electron chi connectivity index (χ2n) is 3.13. The lowest BCUT2D eigenvalue weighted by Gasteiger charge is -2.08. The van der Waals surface area contributed by atoms with Crippen LogP contribution in [0.1, 0.15) is 17.8 Å². The van der Waals surface area contributed by atoms with E-state index in [9.17, 15) is 0 Å². The molecule has 1 atom stereocenters. The zero-order valence-corrected chi connectivity index (χ0v) is 10.5. The summed E-state index contributed by atoms with van der Waals surface area (Å²) in [5.74, 6) is 0.396. The highest BCUT2D eigenvalue weighted by Crippen LogP contribution is 2.22. The van der Waals surface area contributed by atoms with Crippen molar-refractivity contribution in [2.24, 2.45) is 0 Å². The summed E-state index contributed by atoms with van der Waals surface area (Å²) in [5, 5.41) is 9.61. The van der Waals surface area contributed by atoms with Crippen LogP contribution in [0.2, 0.25) is 5.15 Å². The van der Waals surface area contributed by atoms with E-state index in [1.54, 1.807) is 11.3 Å². The smallest absolute Gasteiger partial charge is 0.184 e. The fraction of sp³-hybridized carbons (Fsp3) is 0.333. The summed E-state index contributed by atoms with van der Waals surface area (Å²) < 4.78 is 0. The third-order valence-electron chi connectivity index (χ3n) is 1.91. The first kappa shape index (κ1) is 10.9. The molecule has 0 bridgehead atoms. The molecule has 6 heteroatoms. The Hall–Kier alpha value is -0.650. The highest BCUT2D eigenvalue weighted by atomic mass is 35.5. The lowest BCUT2D eigenvalue weighted by atomic mass is 10.2. The SMILES string of the molecule is CC(CNc1nc(Cl)cs1)c1nccs1. The maximum atomic E-state index is 5.72. The largest absolute Gasteiger partial charge is 0.361 e. The van der Waals surface area contributed by atoms with Gasteiger partial charge >= 0.3 is 0 Å². The van der Waals surface area contributed by atoms with E-state index in [4.69, 9.17) is 11.6 Å². The molecule has 2 heterocycles. The fourth-order valence-electron chi connectivity index (χ4n) is 1.14. The standard InChI is InChI=1S/C9H10ClN3S2/c1-6(8-11-2-3-14-8)4-12-9-13-7(10)5-15-9/h2-3,5-6H,4H2,1H3,(H,12,13). The third kappa shape index (κ3) is 2.90. The van der Waals surface area contributed by atoms with Gasteiger partial charge in [0, 0.05) is 29.4 Å². The summed E-state index contributed by atoms with van der Waals surface area (Å²) in [6.07, 6.45) is 1.83. The molecule has 0 aromatic carbocycles. The molecule has 0 radical (unpaired) electrons. The zero-order valence-electron chi connectivity index (χ0n) is 8.11. The fourth-order valence-corrected chi connectivity index (χ4v) is 2.69. The van der Waals surface area contributed by atoms with Crippen LogP contribution in [0.25, 0.3) is 0 Å². The van der Waals surface area contributed by atoms with Crippen molar-refractivity contribution in [1.29, 1.82) is 0 Å². The highest BCUT2D eigenvalue weighted by molar-refractivity contribution is 7.14. The third-order valence-corrected chi connectivity index (χ3v) is 4.04. The van der Waals surface area contributed by atoms with E-state index >= 15 is 0 Å². The van der Waals surface area contributed by atoms with Gasteiger partial charge in [-0.3, -0.25) is 0 Å².